The summed E-state index contributed by atoms with van der Waals surface area (Å²) in [6.45, 7) is 0.553. The number of anilines is 1. The van der Waals surface area contributed by atoms with E-state index < -0.39 is 9.84 Å². The van der Waals surface area contributed by atoms with Gasteiger partial charge in [-0.1, -0.05) is 12.1 Å². The van der Waals surface area contributed by atoms with Crippen LogP contribution in [0.25, 0.3) is 0 Å². The van der Waals surface area contributed by atoms with E-state index in [2.05, 4.69) is 0 Å². The minimum atomic E-state index is -3.03. The van der Waals surface area contributed by atoms with Crippen LogP contribution < -0.4 is 5.73 Å². The summed E-state index contributed by atoms with van der Waals surface area (Å²) in [6, 6.07) is 6.94. The van der Waals surface area contributed by atoms with Crippen molar-refractivity contribution >= 4 is 15.5 Å². The van der Waals surface area contributed by atoms with Crippen molar-refractivity contribution in [3.05, 3.63) is 29.8 Å². The molecular formula is C11H18N2O2S. The quantitative estimate of drug-likeness (QED) is 0.774. The standard InChI is InChI=1S/C11H18N2O2S/c1-13(2)7-8-16(14,15)9-10-3-5-11(12)6-4-10/h3-6H,7-9,12H2,1-2H3. The van der Waals surface area contributed by atoms with Crippen LogP contribution in [0.15, 0.2) is 24.3 Å². The molecule has 0 heterocycles. The van der Waals surface area contributed by atoms with Gasteiger partial charge in [-0.2, -0.15) is 0 Å². The number of rotatable bonds is 5. The van der Waals surface area contributed by atoms with Crippen LogP contribution in [-0.4, -0.2) is 39.7 Å². The van der Waals surface area contributed by atoms with E-state index in [-0.39, 0.29) is 11.5 Å². The van der Waals surface area contributed by atoms with Crippen LogP contribution in [0.5, 0.6) is 0 Å². The summed E-state index contributed by atoms with van der Waals surface area (Å²) in [7, 11) is 0.695. The molecule has 0 spiro atoms. The fourth-order valence-electron chi connectivity index (χ4n) is 1.26. The molecule has 1 aromatic rings. The third-order valence-electron chi connectivity index (χ3n) is 2.22. The first-order valence-electron chi connectivity index (χ1n) is 5.08. The predicted octanol–water partition coefficient (Wildman–Crippen LogP) is 0.745. The van der Waals surface area contributed by atoms with E-state index in [0.717, 1.165) is 5.56 Å². The third-order valence-corrected chi connectivity index (χ3v) is 3.79. The van der Waals surface area contributed by atoms with Gasteiger partial charge in [-0.05, 0) is 31.8 Å². The molecule has 0 aromatic heterocycles. The lowest BCUT2D eigenvalue weighted by atomic mass is 10.2. The largest absolute Gasteiger partial charge is 0.399 e. The fourth-order valence-corrected chi connectivity index (χ4v) is 2.75. The fraction of sp³-hybridized carbons (Fsp3) is 0.455. The number of benzene rings is 1. The molecule has 0 saturated carbocycles. The summed E-state index contributed by atoms with van der Waals surface area (Å²) < 4.78 is 23.5. The van der Waals surface area contributed by atoms with Gasteiger partial charge in [0, 0.05) is 12.2 Å². The number of nitrogens with two attached hydrogens (primary N) is 1. The Balaban J connectivity index is 2.62. The van der Waals surface area contributed by atoms with Gasteiger partial charge >= 0.3 is 0 Å². The van der Waals surface area contributed by atoms with Gasteiger partial charge in [0.2, 0.25) is 0 Å². The lowest BCUT2D eigenvalue weighted by Crippen LogP contribution is -2.22. The van der Waals surface area contributed by atoms with Crippen LogP contribution in [0.3, 0.4) is 0 Å². The second-order valence-corrected chi connectivity index (χ2v) is 6.32. The maximum atomic E-state index is 11.7. The van der Waals surface area contributed by atoms with E-state index in [1.807, 2.05) is 19.0 Å². The Labute approximate surface area is 97.0 Å². The smallest absolute Gasteiger partial charge is 0.155 e. The third kappa shape index (κ3) is 4.63. The van der Waals surface area contributed by atoms with Crippen molar-refractivity contribution in [3.8, 4) is 0 Å². The van der Waals surface area contributed by atoms with Crippen molar-refractivity contribution < 1.29 is 8.42 Å². The Bertz CT molecular complexity index is 424. The van der Waals surface area contributed by atoms with Gasteiger partial charge in [0.25, 0.3) is 0 Å². The molecule has 16 heavy (non-hydrogen) atoms. The molecule has 0 unspecified atom stereocenters. The Hall–Kier alpha value is -1.07. The van der Waals surface area contributed by atoms with Gasteiger partial charge < -0.3 is 10.6 Å². The van der Waals surface area contributed by atoms with E-state index in [1.165, 1.54) is 0 Å². The van der Waals surface area contributed by atoms with Crippen LogP contribution in [0, 0.1) is 0 Å². The van der Waals surface area contributed by atoms with Gasteiger partial charge in [0.1, 0.15) is 0 Å². The topological polar surface area (TPSA) is 63.4 Å². The van der Waals surface area contributed by atoms with Gasteiger partial charge in [-0.25, -0.2) is 8.42 Å². The molecule has 2 N–H and O–H groups in total. The predicted molar refractivity (Wildman–Crippen MR) is 66.9 cm³/mol. The zero-order valence-electron chi connectivity index (χ0n) is 9.68. The Kier molecular flexibility index (Phi) is 4.32. The van der Waals surface area contributed by atoms with Crippen molar-refractivity contribution in [2.75, 3.05) is 32.1 Å². The molecule has 0 radical (unpaired) electrons. The van der Waals surface area contributed by atoms with Crippen molar-refractivity contribution in [2.45, 2.75) is 5.75 Å². The normalized spacial score (nSPS) is 11.9. The highest BCUT2D eigenvalue weighted by molar-refractivity contribution is 7.90. The molecule has 0 saturated heterocycles. The summed E-state index contributed by atoms with van der Waals surface area (Å²) in [5.74, 6) is 0.269. The minimum Gasteiger partial charge on any atom is -0.399 e. The molecule has 0 fully saturated rings. The highest BCUT2D eigenvalue weighted by Gasteiger charge is 2.12. The highest BCUT2D eigenvalue weighted by atomic mass is 32.2. The molecule has 0 aliphatic rings. The maximum absolute atomic E-state index is 11.7. The number of hydrogen-bond acceptors (Lipinski definition) is 4. The molecule has 1 aromatic carbocycles. The summed E-state index contributed by atoms with van der Waals surface area (Å²) in [5.41, 5.74) is 6.97. The molecule has 0 amide bonds. The second-order valence-electron chi connectivity index (χ2n) is 4.14. The van der Waals surface area contributed by atoms with Gasteiger partial charge in [-0.15, -0.1) is 0 Å². The van der Waals surface area contributed by atoms with Crippen molar-refractivity contribution in [2.24, 2.45) is 0 Å². The summed E-state index contributed by atoms with van der Waals surface area (Å²) in [5, 5.41) is 0. The zero-order valence-corrected chi connectivity index (χ0v) is 10.5. The second kappa shape index (κ2) is 5.32. The summed E-state index contributed by atoms with van der Waals surface area (Å²) >= 11 is 0. The lowest BCUT2D eigenvalue weighted by Gasteiger charge is -2.10. The molecule has 0 atom stereocenters. The van der Waals surface area contributed by atoms with Crippen LogP contribution >= 0.6 is 0 Å². The maximum Gasteiger partial charge on any atom is 0.155 e. The number of nitrogens with zero attached hydrogens (tertiary/aromatic N) is 1. The number of hydrogen-bond donors (Lipinski definition) is 1. The molecule has 0 bridgehead atoms. The SMILES string of the molecule is CN(C)CCS(=O)(=O)Cc1ccc(N)cc1. The van der Waals surface area contributed by atoms with Gasteiger partial charge in [0.05, 0.1) is 11.5 Å². The first-order chi connectivity index (χ1) is 7.39. The summed E-state index contributed by atoms with van der Waals surface area (Å²) in [6.07, 6.45) is 0. The minimum absolute atomic E-state index is 0.0844. The Morgan fingerprint density at radius 3 is 2.25 bits per heavy atom. The molecule has 4 nitrogen and oxygen atoms in total. The van der Waals surface area contributed by atoms with Crippen molar-refractivity contribution in [1.82, 2.24) is 4.90 Å². The van der Waals surface area contributed by atoms with E-state index in [9.17, 15) is 8.42 Å². The van der Waals surface area contributed by atoms with E-state index in [4.69, 9.17) is 5.73 Å². The average molecular weight is 242 g/mol. The lowest BCUT2D eigenvalue weighted by molar-refractivity contribution is 0.432. The van der Waals surface area contributed by atoms with Crippen LogP contribution in [-0.2, 0) is 15.6 Å². The molecule has 0 aliphatic heterocycles. The van der Waals surface area contributed by atoms with Gasteiger partial charge in [0.15, 0.2) is 9.84 Å². The van der Waals surface area contributed by atoms with Crippen LogP contribution in [0.1, 0.15) is 5.56 Å². The van der Waals surface area contributed by atoms with E-state index >= 15 is 0 Å². The monoisotopic (exact) mass is 242 g/mol. The number of nitrogen functional groups attached to an aromatic ring is 1. The van der Waals surface area contributed by atoms with Crippen LogP contribution in [0.4, 0.5) is 5.69 Å². The zero-order chi connectivity index (χ0) is 12.2. The van der Waals surface area contributed by atoms with E-state index in [1.54, 1.807) is 24.3 Å². The molecule has 0 aliphatic carbocycles. The first-order valence-corrected chi connectivity index (χ1v) is 6.91. The van der Waals surface area contributed by atoms with E-state index in [0.29, 0.717) is 12.2 Å². The highest BCUT2D eigenvalue weighted by Crippen LogP contribution is 2.09. The first kappa shape index (κ1) is 13.0. The van der Waals surface area contributed by atoms with Crippen LogP contribution in [0.2, 0.25) is 0 Å². The van der Waals surface area contributed by atoms with Crippen molar-refractivity contribution in [3.63, 3.8) is 0 Å². The molecule has 5 heteroatoms. The Morgan fingerprint density at radius 2 is 1.75 bits per heavy atom. The Morgan fingerprint density at radius 1 is 1.19 bits per heavy atom. The van der Waals surface area contributed by atoms with Crippen molar-refractivity contribution in [1.29, 1.82) is 0 Å². The molecule has 90 valence electrons. The molecule has 1 rings (SSSR count). The summed E-state index contributed by atoms with van der Waals surface area (Å²) in [4.78, 5) is 1.86. The average Bonchev–Trinajstić information content (AvgIpc) is 2.19. The number of sulfone groups is 1. The molecular weight excluding hydrogens is 224 g/mol. The van der Waals surface area contributed by atoms with Gasteiger partial charge in [-0.3, -0.25) is 0 Å².